The molecule has 0 unspecified atom stereocenters. The number of aromatic amines is 1. The zero-order chi connectivity index (χ0) is 11.0. The van der Waals surface area contributed by atoms with Gasteiger partial charge in [0.15, 0.2) is 0 Å². The van der Waals surface area contributed by atoms with Crippen molar-refractivity contribution in [1.29, 1.82) is 0 Å². The fraction of sp³-hybridized carbons (Fsp3) is 0.455. The van der Waals surface area contributed by atoms with Gasteiger partial charge in [-0.25, -0.2) is 4.98 Å². The Morgan fingerprint density at radius 3 is 3.12 bits per heavy atom. The third-order valence-corrected chi connectivity index (χ3v) is 2.70. The predicted octanol–water partition coefficient (Wildman–Crippen LogP) is 1.22. The van der Waals surface area contributed by atoms with Gasteiger partial charge in [-0.05, 0) is 19.9 Å². The Bertz CT molecular complexity index is 504. The molecular formula is C11H14N4O. The summed E-state index contributed by atoms with van der Waals surface area (Å²) >= 11 is 0. The van der Waals surface area contributed by atoms with E-state index in [0.29, 0.717) is 12.0 Å². The lowest BCUT2D eigenvalue weighted by molar-refractivity contribution is 0.295. The molecule has 2 heterocycles. The van der Waals surface area contributed by atoms with Gasteiger partial charge in [-0.3, -0.25) is 5.10 Å². The number of nitrogens with zero attached hydrogens (tertiary/aromatic N) is 2. The number of hydrogen-bond donors (Lipinski definition) is 2. The monoisotopic (exact) mass is 218 g/mol. The molecule has 5 nitrogen and oxygen atoms in total. The van der Waals surface area contributed by atoms with Crippen molar-refractivity contribution < 1.29 is 4.74 Å². The normalized spacial score (nSPS) is 15.6. The highest BCUT2D eigenvalue weighted by Gasteiger charge is 2.25. The lowest BCUT2D eigenvalue weighted by atomic mass is 10.2. The van der Waals surface area contributed by atoms with Gasteiger partial charge in [-0.2, -0.15) is 5.10 Å². The Labute approximate surface area is 93.2 Å². The second-order valence-electron chi connectivity index (χ2n) is 4.09. The van der Waals surface area contributed by atoms with E-state index in [9.17, 15) is 0 Å². The van der Waals surface area contributed by atoms with Crippen LogP contribution in [0.4, 0.5) is 0 Å². The second-order valence-corrected chi connectivity index (χ2v) is 4.09. The number of aromatic nitrogens is 3. The van der Waals surface area contributed by atoms with Gasteiger partial charge < -0.3 is 10.1 Å². The van der Waals surface area contributed by atoms with Gasteiger partial charge in [-0.1, -0.05) is 0 Å². The van der Waals surface area contributed by atoms with Gasteiger partial charge in [0.1, 0.15) is 6.10 Å². The largest absolute Gasteiger partial charge is 0.474 e. The number of hydrogen-bond acceptors (Lipinski definition) is 4. The van der Waals surface area contributed by atoms with Crippen LogP contribution in [0, 0.1) is 0 Å². The summed E-state index contributed by atoms with van der Waals surface area (Å²) in [7, 11) is 1.91. The maximum atomic E-state index is 5.74. The molecule has 2 N–H and O–H groups in total. The molecule has 0 saturated heterocycles. The average Bonchev–Trinajstić information content (AvgIpc) is 2.96. The average molecular weight is 218 g/mol. The molecule has 0 bridgehead atoms. The first-order valence-electron chi connectivity index (χ1n) is 5.50. The van der Waals surface area contributed by atoms with Crippen LogP contribution in [0.3, 0.4) is 0 Å². The summed E-state index contributed by atoms with van der Waals surface area (Å²) in [6.45, 7) is 0.773. The third kappa shape index (κ3) is 1.63. The van der Waals surface area contributed by atoms with E-state index < -0.39 is 0 Å². The van der Waals surface area contributed by atoms with E-state index in [1.165, 1.54) is 0 Å². The molecule has 3 rings (SSSR count). The van der Waals surface area contributed by atoms with Crippen LogP contribution >= 0.6 is 0 Å². The molecule has 0 aliphatic heterocycles. The maximum Gasteiger partial charge on any atom is 0.224 e. The number of nitrogens with one attached hydrogen (secondary N) is 2. The Morgan fingerprint density at radius 2 is 2.38 bits per heavy atom. The van der Waals surface area contributed by atoms with Crippen LogP contribution in [0.25, 0.3) is 10.9 Å². The predicted molar refractivity (Wildman–Crippen MR) is 60.3 cm³/mol. The summed E-state index contributed by atoms with van der Waals surface area (Å²) in [6.07, 6.45) is 6.26. The van der Waals surface area contributed by atoms with E-state index in [2.05, 4.69) is 20.5 Å². The summed E-state index contributed by atoms with van der Waals surface area (Å²) in [5.74, 6) is 0.700. The standard InChI is InChI=1S/C11H14N4O/c1-12-4-7-5-13-11(16-8-2-3-8)9-6-14-15-10(7)9/h5-6,8,12H,2-4H2,1H3,(H,14,15). The van der Waals surface area contributed by atoms with Crippen molar-refractivity contribution in [2.45, 2.75) is 25.5 Å². The number of rotatable bonds is 4. The summed E-state index contributed by atoms with van der Waals surface area (Å²) in [4.78, 5) is 4.36. The summed E-state index contributed by atoms with van der Waals surface area (Å²) in [5.41, 5.74) is 2.12. The molecule has 84 valence electrons. The zero-order valence-electron chi connectivity index (χ0n) is 9.16. The van der Waals surface area contributed by atoms with Gasteiger partial charge in [0, 0.05) is 18.3 Å². The van der Waals surface area contributed by atoms with Crippen LogP contribution in [0.2, 0.25) is 0 Å². The van der Waals surface area contributed by atoms with Gasteiger partial charge >= 0.3 is 0 Å². The molecule has 1 aliphatic carbocycles. The molecule has 0 atom stereocenters. The van der Waals surface area contributed by atoms with Crippen molar-refractivity contribution in [3.8, 4) is 5.88 Å². The molecule has 5 heteroatoms. The van der Waals surface area contributed by atoms with Crippen LogP contribution in [-0.2, 0) is 6.54 Å². The van der Waals surface area contributed by atoms with E-state index in [0.717, 1.165) is 35.9 Å². The van der Waals surface area contributed by atoms with Crippen molar-refractivity contribution in [1.82, 2.24) is 20.5 Å². The van der Waals surface area contributed by atoms with Gasteiger partial charge in [0.25, 0.3) is 0 Å². The molecule has 0 aromatic carbocycles. The summed E-state index contributed by atoms with van der Waals surface area (Å²) < 4.78 is 5.74. The van der Waals surface area contributed by atoms with Crippen molar-refractivity contribution >= 4 is 10.9 Å². The summed E-state index contributed by atoms with van der Waals surface area (Å²) in [6, 6.07) is 0. The van der Waals surface area contributed by atoms with E-state index in [-0.39, 0.29) is 0 Å². The lowest BCUT2D eigenvalue weighted by Crippen LogP contribution is -2.07. The van der Waals surface area contributed by atoms with Crippen molar-refractivity contribution in [2.24, 2.45) is 0 Å². The van der Waals surface area contributed by atoms with Gasteiger partial charge in [0.2, 0.25) is 5.88 Å². The molecule has 16 heavy (non-hydrogen) atoms. The number of ether oxygens (including phenoxy) is 1. The minimum atomic E-state index is 0.362. The summed E-state index contributed by atoms with van der Waals surface area (Å²) in [5, 5.41) is 11.1. The fourth-order valence-electron chi connectivity index (χ4n) is 1.73. The highest BCUT2D eigenvalue weighted by atomic mass is 16.5. The van der Waals surface area contributed by atoms with E-state index in [4.69, 9.17) is 4.74 Å². The SMILES string of the molecule is CNCc1cnc(OC2CC2)c2cn[nH]c12. The molecule has 1 fully saturated rings. The molecule has 1 aliphatic rings. The van der Waals surface area contributed by atoms with Crippen LogP contribution < -0.4 is 10.1 Å². The topological polar surface area (TPSA) is 62.8 Å². The van der Waals surface area contributed by atoms with Crippen LogP contribution in [-0.4, -0.2) is 28.3 Å². The molecule has 2 aromatic rings. The van der Waals surface area contributed by atoms with Crippen LogP contribution in [0.5, 0.6) is 5.88 Å². The van der Waals surface area contributed by atoms with Crippen LogP contribution in [0.1, 0.15) is 18.4 Å². The molecule has 0 amide bonds. The quantitative estimate of drug-likeness (QED) is 0.810. The lowest BCUT2D eigenvalue weighted by Gasteiger charge is -2.06. The Balaban J connectivity index is 2.02. The Morgan fingerprint density at radius 1 is 1.50 bits per heavy atom. The van der Waals surface area contributed by atoms with Crippen LogP contribution in [0.15, 0.2) is 12.4 Å². The third-order valence-electron chi connectivity index (χ3n) is 2.70. The molecule has 1 saturated carbocycles. The minimum Gasteiger partial charge on any atom is -0.474 e. The molecule has 2 aromatic heterocycles. The molecule has 0 radical (unpaired) electrons. The van der Waals surface area contributed by atoms with E-state index in [1.54, 1.807) is 6.20 Å². The van der Waals surface area contributed by atoms with E-state index in [1.807, 2.05) is 13.2 Å². The maximum absolute atomic E-state index is 5.74. The van der Waals surface area contributed by atoms with Gasteiger partial charge in [-0.15, -0.1) is 0 Å². The Kier molecular flexibility index (Phi) is 2.25. The molecular weight excluding hydrogens is 204 g/mol. The first kappa shape index (κ1) is 9.59. The van der Waals surface area contributed by atoms with Crippen molar-refractivity contribution in [3.63, 3.8) is 0 Å². The first-order chi connectivity index (χ1) is 7.88. The fourth-order valence-corrected chi connectivity index (χ4v) is 1.73. The van der Waals surface area contributed by atoms with E-state index >= 15 is 0 Å². The zero-order valence-corrected chi connectivity index (χ0v) is 9.16. The number of H-pyrrole nitrogens is 1. The minimum absolute atomic E-state index is 0.362. The smallest absolute Gasteiger partial charge is 0.224 e. The first-order valence-corrected chi connectivity index (χ1v) is 5.50. The highest BCUT2D eigenvalue weighted by Crippen LogP contribution is 2.30. The van der Waals surface area contributed by atoms with Crippen molar-refractivity contribution in [2.75, 3.05) is 7.05 Å². The highest BCUT2D eigenvalue weighted by molar-refractivity contribution is 5.85. The van der Waals surface area contributed by atoms with Gasteiger partial charge in [0.05, 0.1) is 17.1 Å². The molecule has 0 spiro atoms. The van der Waals surface area contributed by atoms with Crippen molar-refractivity contribution in [3.05, 3.63) is 18.0 Å². The second kappa shape index (κ2) is 3.75. The Hall–Kier alpha value is -1.62. The number of fused-ring (bicyclic) bond motifs is 1. The number of pyridine rings is 1.